The van der Waals surface area contributed by atoms with Gasteiger partial charge in [-0.2, -0.15) is 0 Å². The number of benzene rings is 1. The summed E-state index contributed by atoms with van der Waals surface area (Å²) in [6.45, 7) is 0. The molecule has 0 heterocycles. The molecular weight excluding hydrogens is 332 g/mol. The number of nitrogens with one attached hydrogen (secondary N) is 1. The molecule has 124 valence electrons. The van der Waals surface area contributed by atoms with Crippen LogP contribution in [0.2, 0.25) is 0 Å². The fourth-order valence-electron chi connectivity index (χ4n) is 1.73. The molecule has 0 fully saturated rings. The van der Waals surface area contributed by atoms with Gasteiger partial charge in [-0.05, 0) is 6.07 Å². The standard InChI is InChI=1S/C13H13ClN2O7/c14-6-9(17)5-10(13(20)21)15-12(19)4-7-3-8(16(22)23)1-2-11(7)18/h1-3,10,18H,4-6H2,(H,15,19)(H,20,21)/t10-/m0/s1. The molecule has 1 amide bonds. The van der Waals surface area contributed by atoms with Gasteiger partial charge in [0.15, 0.2) is 0 Å². The molecule has 9 nitrogen and oxygen atoms in total. The van der Waals surface area contributed by atoms with Crippen LogP contribution in [0.15, 0.2) is 18.2 Å². The number of nitro groups is 1. The zero-order valence-electron chi connectivity index (χ0n) is 11.7. The summed E-state index contributed by atoms with van der Waals surface area (Å²) >= 11 is 5.28. The lowest BCUT2D eigenvalue weighted by molar-refractivity contribution is -0.384. The van der Waals surface area contributed by atoms with Gasteiger partial charge in [-0.25, -0.2) is 4.79 Å². The molecule has 0 radical (unpaired) electrons. The number of Topliss-reactive ketones (excluding diaryl/α,β-unsaturated/α-hetero) is 1. The van der Waals surface area contributed by atoms with Crippen LogP contribution in [0.5, 0.6) is 5.75 Å². The molecule has 1 atom stereocenters. The van der Waals surface area contributed by atoms with Crippen LogP contribution >= 0.6 is 11.6 Å². The van der Waals surface area contributed by atoms with Crippen molar-refractivity contribution < 1.29 is 29.5 Å². The number of amides is 1. The Kier molecular flexibility index (Phi) is 6.46. The molecule has 0 aliphatic heterocycles. The molecule has 1 aromatic rings. The Morgan fingerprint density at radius 2 is 2.00 bits per heavy atom. The average Bonchev–Trinajstić information content (AvgIpc) is 2.48. The summed E-state index contributed by atoms with van der Waals surface area (Å²) < 4.78 is 0. The summed E-state index contributed by atoms with van der Waals surface area (Å²) in [6, 6.07) is 1.67. The Balaban J connectivity index is 2.82. The van der Waals surface area contributed by atoms with Crippen molar-refractivity contribution in [3.63, 3.8) is 0 Å². The van der Waals surface area contributed by atoms with Gasteiger partial charge in [0.1, 0.15) is 17.6 Å². The first-order valence-corrected chi connectivity index (χ1v) is 6.84. The van der Waals surface area contributed by atoms with Crippen LogP contribution in [-0.2, 0) is 20.8 Å². The first-order valence-electron chi connectivity index (χ1n) is 6.30. The first-order chi connectivity index (χ1) is 10.7. The number of hydrogen-bond acceptors (Lipinski definition) is 6. The SMILES string of the molecule is O=C(CCl)C[C@H](NC(=O)Cc1cc([N+](=O)[O-])ccc1O)C(=O)O. The summed E-state index contributed by atoms with van der Waals surface area (Å²) in [6.07, 6.45) is -0.960. The molecule has 0 aromatic heterocycles. The number of ketones is 1. The van der Waals surface area contributed by atoms with E-state index in [0.717, 1.165) is 18.2 Å². The number of phenols is 1. The van der Waals surface area contributed by atoms with Crippen molar-refractivity contribution in [2.45, 2.75) is 18.9 Å². The molecule has 0 saturated carbocycles. The number of non-ortho nitro benzene ring substituents is 1. The molecule has 0 saturated heterocycles. The normalized spacial score (nSPS) is 11.5. The van der Waals surface area contributed by atoms with E-state index in [9.17, 15) is 29.6 Å². The van der Waals surface area contributed by atoms with Crippen LogP contribution in [-0.4, -0.2) is 44.7 Å². The van der Waals surface area contributed by atoms with Gasteiger partial charge in [-0.15, -0.1) is 11.6 Å². The van der Waals surface area contributed by atoms with Crippen molar-refractivity contribution in [2.24, 2.45) is 0 Å². The number of hydrogen-bond donors (Lipinski definition) is 3. The van der Waals surface area contributed by atoms with Crippen molar-refractivity contribution in [2.75, 3.05) is 5.88 Å². The van der Waals surface area contributed by atoms with Gasteiger partial charge in [0.2, 0.25) is 5.91 Å². The van der Waals surface area contributed by atoms with Crippen LogP contribution in [0.3, 0.4) is 0 Å². The molecule has 0 aliphatic rings. The summed E-state index contributed by atoms with van der Waals surface area (Å²) in [4.78, 5) is 44.0. The fraction of sp³-hybridized carbons (Fsp3) is 0.308. The summed E-state index contributed by atoms with van der Waals surface area (Å²) in [5, 5.41) is 31.3. The number of nitro benzene ring substituents is 1. The van der Waals surface area contributed by atoms with Crippen molar-refractivity contribution in [1.29, 1.82) is 0 Å². The molecule has 0 spiro atoms. The van der Waals surface area contributed by atoms with Crippen LogP contribution in [0, 0.1) is 10.1 Å². The zero-order valence-corrected chi connectivity index (χ0v) is 12.4. The Bertz CT molecular complexity index is 647. The number of aromatic hydroxyl groups is 1. The number of halogens is 1. The highest BCUT2D eigenvalue weighted by atomic mass is 35.5. The number of rotatable bonds is 8. The van der Waals surface area contributed by atoms with Crippen LogP contribution in [0.1, 0.15) is 12.0 Å². The van der Waals surface area contributed by atoms with Gasteiger partial charge in [-0.3, -0.25) is 19.7 Å². The second kappa shape index (κ2) is 8.08. The average molecular weight is 345 g/mol. The minimum absolute atomic E-state index is 0.0375. The third kappa shape index (κ3) is 5.55. The van der Waals surface area contributed by atoms with Gasteiger partial charge in [0, 0.05) is 24.1 Å². The van der Waals surface area contributed by atoms with E-state index in [-0.39, 0.29) is 22.9 Å². The fourth-order valence-corrected chi connectivity index (χ4v) is 1.84. The number of alkyl halides is 1. The lowest BCUT2D eigenvalue weighted by atomic mass is 10.1. The number of carbonyl (C=O) groups excluding carboxylic acids is 2. The molecule has 1 aromatic carbocycles. The third-order valence-electron chi connectivity index (χ3n) is 2.84. The molecule has 3 N–H and O–H groups in total. The molecular formula is C13H13ClN2O7. The van der Waals surface area contributed by atoms with Crippen molar-refractivity contribution in [1.82, 2.24) is 5.32 Å². The molecule has 0 bridgehead atoms. The largest absolute Gasteiger partial charge is 0.508 e. The molecule has 23 heavy (non-hydrogen) atoms. The number of carboxylic acids is 1. The molecule has 10 heteroatoms. The summed E-state index contributed by atoms with van der Waals surface area (Å²) in [5.41, 5.74) is -0.359. The topological polar surface area (TPSA) is 147 Å². The lowest BCUT2D eigenvalue weighted by Gasteiger charge is -2.13. The Morgan fingerprint density at radius 3 is 2.52 bits per heavy atom. The van der Waals surface area contributed by atoms with Crippen molar-refractivity contribution >= 4 is 34.9 Å². The van der Waals surface area contributed by atoms with Gasteiger partial charge >= 0.3 is 5.97 Å². The van der Waals surface area contributed by atoms with E-state index in [0.29, 0.717) is 0 Å². The smallest absolute Gasteiger partial charge is 0.326 e. The third-order valence-corrected chi connectivity index (χ3v) is 3.14. The number of phenolic OH excluding ortho intramolecular Hbond substituents is 1. The maximum Gasteiger partial charge on any atom is 0.326 e. The Morgan fingerprint density at radius 1 is 1.35 bits per heavy atom. The van der Waals surface area contributed by atoms with E-state index < -0.39 is 41.5 Å². The molecule has 1 rings (SSSR count). The molecule has 0 unspecified atom stereocenters. The quantitative estimate of drug-likeness (QED) is 0.355. The van der Waals surface area contributed by atoms with Gasteiger partial charge < -0.3 is 15.5 Å². The number of nitrogens with zero attached hydrogens (tertiary/aromatic N) is 1. The van der Waals surface area contributed by atoms with E-state index in [2.05, 4.69) is 5.32 Å². The zero-order chi connectivity index (χ0) is 17.6. The number of aliphatic carboxylic acids is 1. The Labute approximate surface area is 135 Å². The highest BCUT2D eigenvalue weighted by Crippen LogP contribution is 2.23. The van der Waals surface area contributed by atoms with Crippen molar-refractivity contribution in [3.05, 3.63) is 33.9 Å². The maximum atomic E-state index is 11.8. The van der Waals surface area contributed by atoms with Gasteiger partial charge in [0.05, 0.1) is 17.2 Å². The summed E-state index contributed by atoms with van der Waals surface area (Å²) in [7, 11) is 0. The molecule has 0 aliphatic carbocycles. The predicted molar refractivity (Wildman–Crippen MR) is 78.4 cm³/mol. The highest BCUT2D eigenvalue weighted by Gasteiger charge is 2.23. The predicted octanol–water partition coefficient (Wildman–Crippen LogP) is 0.610. The lowest BCUT2D eigenvalue weighted by Crippen LogP contribution is -2.43. The van der Waals surface area contributed by atoms with E-state index in [1.807, 2.05) is 0 Å². The van der Waals surface area contributed by atoms with Crippen LogP contribution in [0.4, 0.5) is 5.69 Å². The van der Waals surface area contributed by atoms with E-state index in [1.165, 1.54) is 0 Å². The second-order valence-corrected chi connectivity index (χ2v) is 4.85. The maximum absolute atomic E-state index is 11.8. The second-order valence-electron chi connectivity index (χ2n) is 4.58. The van der Waals surface area contributed by atoms with Crippen LogP contribution in [0.25, 0.3) is 0 Å². The minimum Gasteiger partial charge on any atom is -0.508 e. The minimum atomic E-state index is -1.46. The van der Waals surface area contributed by atoms with E-state index in [1.54, 1.807) is 0 Å². The van der Waals surface area contributed by atoms with E-state index in [4.69, 9.17) is 16.7 Å². The first kappa shape index (κ1) is 18.4. The number of carbonyl (C=O) groups is 3. The van der Waals surface area contributed by atoms with Gasteiger partial charge in [0.25, 0.3) is 5.69 Å². The van der Waals surface area contributed by atoms with Crippen molar-refractivity contribution in [3.8, 4) is 5.75 Å². The van der Waals surface area contributed by atoms with E-state index >= 15 is 0 Å². The summed E-state index contributed by atoms with van der Waals surface area (Å²) in [5.74, 6) is -3.51. The number of carboxylic acid groups (broad SMARTS) is 1. The Hall–Kier alpha value is -2.68. The highest BCUT2D eigenvalue weighted by molar-refractivity contribution is 6.27. The monoisotopic (exact) mass is 344 g/mol. The van der Waals surface area contributed by atoms with Crippen LogP contribution < -0.4 is 5.32 Å². The van der Waals surface area contributed by atoms with Gasteiger partial charge in [-0.1, -0.05) is 0 Å².